The van der Waals surface area contributed by atoms with Gasteiger partial charge in [-0.2, -0.15) is 0 Å². The fraction of sp³-hybridized carbons (Fsp3) is 0.588. The Labute approximate surface area is 121 Å². The summed E-state index contributed by atoms with van der Waals surface area (Å²) in [7, 11) is 0. The maximum absolute atomic E-state index is 12.2. The van der Waals surface area contributed by atoms with Crippen molar-refractivity contribution in [2.45, 2.75) is 64.0 Å². The van der Waals surface area contributed by atoms with E-state index < -0.39 is 0 Å². The van der Waals surface area contributed by atoms with E-state index in [1.54, 1.807) is 0 Å². The molecule has 0 aliphatic heterocycles. The molecule has 1 atom stereocenters. The normalized spacial score (nSPS) is 19.4. The summed E-state index contributed by atoms with van der Waals surface area (Å²) in [6.45, 7) is 4.11. The number of hydrogen-bond acceptors (Lipinski definition) is 2. The largest absolute Gasteiger partial charge is 0.350 e. The van der Waals surface area contributed by atoms with Gasteiger partial charge in [-0.25, -0.2) is 0 Å². The second-order valence-electron chi connectivity index (χ2n) is 6.25. The predicted octanol–water partition coefficient (Wildman–Crippen LogP) is 3.22. The second kappa shape index (κ2) is 6.40. The van der Waals surface area contributed by atoms with Crippen molar-refractivity contribution in [3.63, 3.8) is 0 Å². The topological polar surface area (TPSA) is 55.1 Å². The van der Waals surface area contributed by atoms with Crippen LogP contribution >= 0.6 is 0 Å². The summed E-state index contributed by atoms with van der Waals surface area (Å²) in [4.78, 5) is 12.2. The molecule has 0 aromatic heterocycles. The first-order valence-corrected chi connectivity index (χ1v) is 7.64. The summed E-state index contributed by atoms with van der Waals surface area (Å²) in [5.41, 5.74) is 8.44. The van der Waals surface area contributed by atoms with Gasteiger partial charge in [-0.05, 0) is 37.8 Å². The van der Waals surface area contributed by atoms with Gasteiger partial charge in [0.05, 0.1) is 6.04 Å². The van der Waals surface area contributed by atoms with Crippen molar-refractivity contribution in [2.75, 3.05) is 0 Å². The molecule has 1 fully saturated rings. The second-order valence-corrected chi connectivity index (χ2v) is 6.25. The third-order valence-electron chi connectivity index (χ3n) is 4.39. The number of rotatable bonds is 4. The molecule has 2 rings (SSSR count). The van der Waals surface area contributed by atoms with Crippen LogP contribution < -0.4 is 11.1 Å². The lowest BCUT2D eigenvalue weighted by molar-refractivity contribution is -0.123. The highest BCUT2D eigenvalue weighted by molar-refractivity contribution is 5.77. The van der Waals surface area contributed by atoms with Gasteiger partial charge in [0.25, 0.3) is 0 Å². The molecule has 3 heteroatoms. The van der Waals surface area contributed by atoms with Crippen LogP contribution in [-0.2, 0) is 4.79 Å². The zero-order valence-corrected chi connectivity index (χ0v) is 12.6. The van der Waals surface area contributed by atoms with Crippen LogP contribution in [0.5, 0.6) is 0 Å². The molecule has 1 unspecified atom stereocenters. The molecule has 1 aliphatic carbocycles. The number of carbonyl (C=O) groups is 1. The third-order valence-corrected chi connectivity index (χ3v) is 4.39. The number of amides is 1. The number of nitrogens with one attached hydrogen (secondary N) is 1. The minimum Gasteiger partial charge on any atom is -0.350 e. The lowest BCUT2D eigenvalue weighted by Crippen LogP contribution is -2.46. The standard InChI is InChI=1S/C17H26N2O/c1-13-8-4-5-9-15(13)14(2)19-16(20)12-17(18)10-6-3-7-11-17/h4-5,8-9,14H,3,6-7,10-12,18H2,1-2H3,(H,19,20). The Balaban J connectivity index is 1.92. The smallest absolute Gasteiger partial charge is 0.222 e. The molecule has 20 heavy (non-hydrogen) atoms. The van der Waals surface area contributed by atoms with E-state index in [9.17, 15) is 4.79 Å². The molecule has 1 aromatic rings. The molecular weight excluding hydrogens is 248 g/mol. The van der Waals surface area contributed by atoms with Crippen molar-refractivity contribution in [3.05, 3.63) is 35.4 Å². The molecule has 1 aliphatic rings. The predicted molar refractivity (Wildman–Crippen MR) is 82.4 cm³/mol. The summed E-state index contributed by atoms with van der Waals surface area (Å²) in [6, 6.07) is 8.21. The molecule has 3 N–H and O–H groups in total. The molecule has 1 aromatic carbocycles. The van der Waals surface area contributed by atoms with Crippen molar-refractivity contribution in [1.29, 1.82) is 0 Å². The summed E-state index contributed by atoms with van der Waals surface area (Å²) in [5.74, 6) is 0.0742. The summed E-state index contributed by atoms with van der Waals surface area (Å²) in [5, 5.41) is 3.09. The van der Waals surface area contributed by atoms with Gasteiger partial charge in [-0.3, -0.25) is 4.79 Å². The van der Waals surface area contributed by atoms with E-state index in [1.807, 2.05) is 19.1 Å². The Bertz CT molecular complexity index is 464. The first-order chi connectivity index (χ1) is 9.50. The van der Waals surface area contributed by atoms with Gasteiger partial charge < -0.3 is 11.1 Å². The number of nitrogens with two attached hydrogens (primary N) is 1. The van der Waals surface area contributed by atoms with Gasteiger partial charge in [-0.1, -0.05) is 43.5 Å². The molecule has 0 bridgehead atoms. The molecule has 0 spiro atoms. The van der Waals surface area contributed by atoms with Crippen LogP contribution in [0.15, 0.2) is 24.3 Å². The van der Waals surface area contributed by atoms with E-state index in [4.69, 9.17) is 5.73 Å². The van der Waals surface area contributed by atoms with Crippen LogP contribution in [0.25, 0.3) is 0 Å². The highest BCUT2D eigenvalue weighted by Gasteiger charge is 2.30. The van der Waals surface area contributed by atoms with Crippen molar-refractivity contribution in [1.82, 2.24) is 5.32 Å². The Morgan fingerprint density at radius 1 is 1.30 bits per heavy atom. The Morgan fingerprint density at radius 2 is 1.95 bits per heavy atom. The minimum atomic E-state index is -0.284. The van der Waals surface area contributed by atoms with E-state index in [1.165, 1.54) is 17.5 Å². The number of hydrogen-bond donors (Lipinski definition) is 2. The van der Waals surface area contributed by atoms with Crippen molar-refractivity contribution in [2.24, 2.45) is 5.73 Å². The SMILES string of the molecule is Cc1ccccc1C(C)NC(=O)CC1(N)CCCCC1. The lowest BCUT2D eigenvalue weighted by Gasteiger charge is -2.33. The van der Waals surface area contributed by atoms with Gasteiger partial charge >= 0.3 is 0 Å². The fourth-order valence-corrected chi connectivity index (χ4v) is 3.20. The Hall–Kier alpha value is -1.35. The van der Waals surface area contributed by atoms with Gasteiger partial charge in [-0.15, -0.1) is 0 Å². The minimum absolute atomic E-state index is 0.0379. The van der Waals surface area contributed by atoms with Crippen molar-refractivity contribution in [3.8, 4) is 0 Å². The van der Waals surface area contributed by atoms with E-state index >= 15 is 0 Å². The summed E-state index contributed by atoms with van der Waals surface area (Å²) in [6.07, 6.45) is 5.94. The zero-order valence-electron chi connectivity index (χ0n) is 12.6. The average molecular weight is 274 g/mol. The zero-order chi connectivity index (χ0) is 14.6. The molecule has 110 valence electrons. The van der Waals surface area contributed by atoms with Gasteiger partial charge in [0.1, 0.15) is 0 Å². The van der Waals surface area contributed by atoms with Crippen LogP contribution in [-0.4, -0.2) is 11.4 Å². The molecule has 1 amide bonds. The van der Waals surface area contributed by atoms with Crippen LogP contribution in [0.3, 0.4) is 0 Å². The highest BCUT2D eigenvalue weighted by atomic mass is 16.1. The lowest BCUT2D eigenvalue weighted by atomic mass is 9.80. The van der Waals surface area contributed by atoms with Crippen LogP contribution in [0.4, 0.5) is 0 Å². The molecule has 3 nitrogen and oxygen atoms in total. The number of carbonyl (C=O) groups excluding carboxylic acids is 1. The quantitative estimate of drug-likeness (QED) is 0.885. The van der Waals surface area contributed by atoms with E-state index in [0.29, 0.717) is 6.42 Å². The number of benzene rings is 1. The van der Waals surface area contributed by atoms with E-state index in [0.717, 1.165) is 25.7 Å². The molecule has 0 saturated heterocycles. The van der Waals surface area contributed by atoms with Gasteiger partial charge in [0.15, 0.2) is 0 Å². The Morgan fingerprint density at radius 3 is 2.60 bits per heavy atom. The monoisotopic (exact) mass is 274 g/mol. The van der Waals surface area contributed by atoms with Gasteiger partial charge in [0, 0.05) is 12.0 Å². The maximum Gasteiger partial charge on any atom is 0.222 e. The summed E-state index contributed by atoms with van der Waals surface area (Å²) >= 11 is 0. The van der Waals surface area contributed by atoms with E-state index in [-0.39, 0.29) is 17.5 Å². The van der Waals surface area contributed by atoms with Crippen LogP contribution in [0.2, 0.25) is 0 Å². The van der Waals surface area contributed by atoms with Gasteiger partial charge in [0.2, 0.25) is 5.91 Å². The average Bonchev–Trinajstić information content (AvgIpc) is 2.39. The van der Waals surface area contributed by atoms with Crippen LogP contribution in [0.1, 0.15) is 62.6 Å². The molecular formula is C17H26N2O. The first kappa shape index (κ1) is 15.0. The highest BCUT2D eigenvalue weighted by Crippen LogP contribution is 2.29. The molecule has 1 saturated carbocycles. The Kier molecular flexibility index (Phi) is 4.81. The maximum atomic E-state index is 12.2. The molecule has 0 heterocycles. The number of aryl methyl sites for hydroxylation is 1. The first-order valence-electron chi connectivity index (χ1n) is 7.64. The van der Waals surface area contributed by atoms with Crippen molar-refractivity contribution < 1.29 is 4.79 Å². The van der Waals surface area contributed by atoms with Crippen LogP contribution in [0, 0.1) is 6.92 Å². The van der Waals surface area contributed by atoms with E-state index in [2.05, 4.69) is 24.4 Å². The third kappa shape index (κ3) is 3.83. The van der Waals surface area contributed by atoms with Crippen molar-refractivity contribution >= 4 is 5.91 Å². The molecule has 0 radical (unpaired) electrons. The fourth-order valence-electron chi connectivity index (χ4n) is 3.20. The summed E-state index contributed by atoms with van der Waals surface area (Å²) < 4.78 is 0.